The van der Waals surface area contributed by atoms with Gasteiger partial charge in [0.2, 0.25) is 0 Å². The van der Waals surface area contributed by atoms with E-state index < -0.39 is 0 Å². The third-order valence-electron chi connectivity index (χ3n) is 1.79. The number of anilines is 1. The lowest BCUT2D eigenvalue weighted by Gasteiger charge is -2.11. The topological polar surface area (TPSA) is 32.3 Å². The van der Waals surface area contributed by atoms with Crippen LogP contribution in [0.2, 0.25) is 0 Å². The maximum absolute atomic E-state index is 9.10. The molecule has 0 amide bonds. The van der Waals surface area contributed by atoms with E-state index in [1.807, 2.05) is 25.1 Å². The molecule has 0 aliphatic heterocycles. The monoisotopic (exact) mass is 243 g/mol. The fourth-order valence-electron chi connectivity index (χ4n) is 1.04. The Hall–Kier alpha value is -0.540. The molecule has 0 aromatic heterocycles. The highest BCUT2D eigenvalue weighted by molar-refractivity contribution is 9.10. The summed E-state index contributed by atoms with van der Waals surface area (Å²) in [5.74, 6) is 0. The highest BCUT2D eigenvalue weighted by Gasteiger charge is 2.00. The van der Waals surface area contributed by atoms with Crippen molar-refractivity contribution in [1.82, 2.24) is 0 Å². The van der Waals surface area contributed by atoms with E-state index in [0.717, 1.165) is 10.2 Å². The Morgan fingerprint density at radius 1 is 1.54 bits per heavy atom. The Bertz CT molecular complexity index is 286. The third kappa shape index (κ3) is 3.36. The van der Waals surface area contributed by atoms with E-state index in [1.165, 1.54) is 5.56 Å². The molecule has 0 aliphatic carbocycles. The molecular formula is C10H14BrNO. The van der Waals surface area contributed by atoms with Crippen LogP contribution in [0.4, 0.5) is 5.69 Å². The second kappa shape index (κ2) is 4.63. The lowest BCUT2D eigenvalue weighted by atomic mass is 10.2. The molecule has 1 rings (SSSR count). The number of halogens is 1. The van der Waals surface area contributed by atoms with Gasteiger partial charge in [-0.1, -0.05) is 22.0 Å². The molecule has 0 fully saturated rings. The zero-order chi connectivity index (χ0) is 9.84. The van der Waals surface area contributed by atoms with Gasteiger partial charge in [0, 0.05) is 16.7 Å². The van der Waals surface area contributed by atoms with Gasteiger partial charge in [-0.25, -0.2) is 0 Å². The number of rotatable bonds is 3. The van der Waals surface area contributed by atoms with Gasteiger partial charge in [0.15, 0.2) is 0 Å². The highest BCUT2D eigenvalue weighted by atomic mass is 79.9. The summed E-state index contributed by atoms with van der Waals surface area (Å²) in [7, 11) is 0. The van der Waals surface area contributed by atoms with Gasteiger partial charge in [0.25, 0.3) is 0 Å². The molecule has 3 heteroatoms. The Morgan fingerprint density at radius 3 is 2.85 bits per heavy atom. The number of hydrogen-bond acceptors (Lipinski definition) is 2. The van der Waals surface area contributed by atoms with E-state index in [2.05, 4.69) is 21.2 Å². The fraction of sp³-hybridized carbons (Fsp3) is 0.400. The maximum Gasteiger partial charge on any atom is 0.0684 e. The molecule has 0 heterocycles. The number of aliphatic hydroxyl groups is 1. The largest absolute Gasteiger partial charge is 0.392 e. The number of benzene rings is 1. The predicted octanol–water partition coefficient (Wildman–Crippen LogP) is 2.55. The number of aryl methyl sites for hydroxylation is 1. The van der Waals surface area contributed by atoms with Gasteiger partial charge in [-0.3, -0.25) is 0 Å². The predicted molar refractivity (Wildman–Crippen MR) is 59.0 cm³/mol. The van der Waals surface area contributed by atoms with Crippen molar-refractivity contribution in [2.45, 2.75) is 20.0 Å². The molecule has 0 saturated heterocycles. The Morgan fingerprint density at radius 2 is 2.23 bits per heavy atom. The van der Waals surface area contributed by atoms with Crippen molar-refractivity contribution >= 4 is 21.6 Å². The van der Waals surface area contributed by atoms with Crippen LogP contribution in [0, 0.1) is 6.92 Å². The number of nitrogens with one attached hydrogen (secondary N) is 1. The third-order valence-corrected chi connectivity index (χ3v) is 2.28. The summed E-state index contributed by atoms with van der Waals surface area (Å²) in [4.78, 5) is 0. The quantitative estimate of drug-likeness (QED) is 0.856. The summed E-state index contributed by atoms with van der Waals surface area (Å²) >= 11 is 3.40. The zero-order valence-electron chi connectivity index (χ0n) is 7.84. The summed E-state index contributed by atoms with van der Waals surface area (Å²) in [6.45, 7) is 4.38. The smallest absolute Gasteiger partial charge is 0.0684 e. The summed E-state index contributed by atoms with van der Waals surface area (Å²) in [5, 5.41) is 12.3. The minimum absolute atomic E-state index is 0.321. The molecule has 1 aromatic rings. The molecule has 0 radical (unpaired) electrons. The first kappa shape index (κ1) is 10.5. The maximum atomic E-state index is 9.10. The second-order valence-corrected chi connectivity index (χ2v) is 4.10. The molecule has 2 N–H and O–H groups in total. The van der Waals surface area contributed by atoms with Crippen LogP contribution in [-0.4, -0.2) is 17.8 Å². The first-order valence-electron chi connectivity index (χ1n) is 4.27. The first-order chi connectivity index (χ1) is 6.09. The Balaban J connectivity index is 2.70. The van der Waals surface area contributed by atoms with Crippen LogP contribution in [0.15, 0.2) is 22.7 Å². The van der Waals surface area contributed by atoms with Crippen molar-refractivity contribution < 1.29 is 5.11 Å². The van der Waals surface area contributed by atoms with Gasteiger partial charge in [0.05, 0.1) is 6.10 Å². The molecular weight excluding hydrogens is 230 g/mol. The average Bonchev–Trinajstić information content (AvgIpc) is 2.06. The van der Waals surface area contributed by atoms with Gasteiger partial charge < -0.3 is 10.4 Å². The van der Waals surface area contributed by atoms with Gasteiger partial charge in [0.1, 0.15) is 0 Å². The minimum Gasteiger partial charge on any atom is -0.392 e. The molecule has 0 saturated carbocycles. The summed E-state index contributed by atoms with van der Waals surface area (Å²) in [6, 6.07) is 6.05. The van der Waals surface area contributed by atoms with Crippen LogP contribution < -0.4 is 5.32 Å². The van der Waals surface area contributed by atoms with Crippen LogP contribution in [-0.2, 0) is 0 Å². The zero-order valence-corrected chi connectivity index (χ0v) is 9.43. The summed E-state index contributed by atoms with van der Waals surface area (Å²) < 4.78 is 1.05. The highest BCUT2D eigenvalue weighted by Crippen LogP contribution is 2.20. The first-order valence-corrected chi connectivity index (χ1v) is 5.07. The van der Waals surface area contributed by atoms with E-state index in [-0.39, 0.29) is 6.10 Å². The van der Waals surface area contributed by atoms with Crippen molar-refractivity contribution in [3.8, 4) is 0 Å². The van der Waals surface area contributed by atoms with Gasteiger partial charge in [-0.2, -0.15) is 0 Å². The van der Waals surface area contributed by atoms with Gasteiger partial charge >= 0.3 is 0 Å². The van der Waals surface area contributed by atoms with Crippen LogP contribution in [0.25, 0.3) is 0 Å². The molecule has 2 nitrogen and oxygen atoms in total. The molecule has 0 spiro atoms. The number of hydrogen-bond donors (Lipinski definition) is 2. The van der Waals surface area contributed by atoms with Crippen LogP contribution in [0.5, 0.6) is 0 Å². The van der Waals surface area contributed by atoms with Gasteiger partial charge in [-0.05, 0) is 31.5 Å². The van der Waals surface area contributed by atoms with E-state index in [1.54, 1.807) is 6.92 Å². The average molecular weight is 244 g/mol. The van der Waals surface area contributed by atoms with Crippen LogP contribution in [0.1, 0.15) is 12.5 Å². The lowest BCUT2D eigenvalue weighted by molar-refractivity contribution is 0.208. The summed E-state index contributed by atoms with van der Waals surface area (Å²) in [6.07, 6.45) is -0.321. The molecule has 1 atom stereocenters. The normalized spacial score (nSPS) is 12.6. The summed E-state index contributed by atoms with van der Waals surface area (Å²) in [5.41, 5.74) is 2.25. The van der Waals surface area contributed by atoms with Gasteiger partial charge in [-0.15, -0.1) is 0 Å². The molecule has 13 heavy (non-hydrogen) atoms. The molecule has 0 aliphatic rings. The Kier molecular flexibility index (Phi) is 3.75. The SMILES string of the molecule is Cc1ccc(Br)cc1NCC(C)O. The van der Waals surface area contributed by atoms with Crippen molar-refractivity contribution in [1.29, 1.82) is 0 Å². The van der Waals surface area contributed by atoms with Crippen molar-refractivity contribution in [2.75, 3.05) is 11.9 Å². The van der Waals surface area contributed by atoms with E-state index in [4.69, 9.17) is 5.11 Å². The molecule has 0 bridgehead atoms. The molecule has 72 valence electrons. The number of aliphatic hydroxyl groups excluding tert-OH is 1. The molecule has 1 unspecified atom stereocenters. The van der Waals surface area contributed by atoms with E-state index in [0.29, 0.717) is 6.54 Å². The Labute approximate surface area is 87.1 Å². The van der Waals surface area contributed by atoms with Crippen molar-refractivity contribution in [2.24, 2.45) is 0 Å². The van der Waals surface area contributed by atoms with Crippen LogP contribution >= 0.6 is 15.9 Å². The standard InChI is InChI=1S/C10H14BrNO/c1-7-3-4-9(11)5-10(7)12-6-8(2)13/h3-5,8,12-13H,6H2,1-2H3. The van der Waals surface area contributed by atoms with Crippen LogP contribution in [0.3, 0.4) is 0 Å². The fourth-order valence-corrected chi connectivity index (χ4v) is 1.40. The van der Waals surface area contributed by atoms with Crippen molar-refractivity contribution in [3.63, 3.8) is 0 Å². The minimum atomic E-state index is -0.321. The van der Waals surface area contributed by atoms with Crippen molar-refractivity contribution in [3.05, 3.63) is 28.2 Å². The van der Waals surface area contributed by atoms with E-state index in [9.17, 15) is 0 Å². The van der Waals surface area contributed by atoms with E-state index >= 15 is 0 Å². The second-order valence-electron chi connectivity index (χ2n) is 3.19. The molecule has 1 aromatic carbocycles. The lowest BCUT2D eigenvalue weighted by Crippen LogP contribution is -2.15.